The second kappa shape index (κ2) is 5.03. The monoisotopic (exact) mass is 289 g/mol. The minimum absolute atomic E-state index is 0.118. The van der Waals surface area contributed by atoms with Crippen molar-refractivity contribution in [3.8, 4) is 11.8 Å². The Morgan fingerprint density at radius 1 is 1.56 bits per heavy atom. The van der Waals surface area contributed by atoms with Crippen LogP contribution in [0, 0.1) is 11.3 Å². The first kappa shape index (κ1) is 12.6. The highest BCUT2D eigenvalue weighted by atomic mass is 79.9. The summed E-state index contributed by atoms with van der Waals surface area (Å²) in [5.41, 5.74) is 0.131. The van der Waals surface area contributed by atoms with Gasteiger partial charge in [-0.2, -0.15) is 14.0 Å². The fourth-order valence-corrected chi connectivity index (χ4v) is 1.82. The first-order valence-corrected chi connectivity index (χ1v) is 4.95. The van der Waals surface area contributed by atoms with Gasteiger partial charge in [0, 0.05) is 10.0 Å². The summed E-state index contributed by atoms with van der Waals surface area (Å²) in [6.45, 7) is -1.70. The van der Waals surface area contributed by atoms with Gasteiger partial charge in [0.15, 0.2) is 5.78 Å². The third kappa shape index (κ3) is 2.55. The average molecular weight is 290 g/mol. The summed E-state index contributed by atoms with van der Waals surface area (Å²) < 4.78 is 28.3. The molecule has 0 amide bonds. The highest BCUT2D eigenvalue weighted by Crippen LogP contribution is 2.30. The highest BCUT2D eigenvalue weighted by molar-refractivity contribution is 9.10. The molecule has 16 heavy (non-hydrogen) atoms. The molecule has 0 N–H and O–H groups in total. The van der Waals surface area contributed by atoms with Gasteiger partial charge in [0.25, 0.3) is 0 Å². The molecule has 0 heterocycles. The second-order valence-electron chi connectivity index (χ2n) is 2.85. The van der Waals surface area contributed by atoms with Gasteiger partial charge in [0.2, 0.25) is 0 Å². The van der Waals surface area contributed by atoms with Gasteiger partial charge >= 0.3 is 6.61 Å². The van der Waals surface area contributed by atoms with Gasteiger partial charge in [-0.3, -0.25) is 4.79 Å². The maximum atomic E-state index is 12.0. The number of carbonyl (C=O) groups is 1. The van der Waals surface area contributed by atoms with Crippen molar-refractivity contribution in [2.24, 2.45) is 0 Å². The Hall–Kier alpha value is -1.48. The van der Waals surface area contributed by atoms with E-state index in [1.165, 1.54) is 19.1 Å². The average Bonchev–Trinajstić information content (AvgIpc) is 2.16. The predicted octanol–water partition coefficient (Wildman–Crippen LogP) is 3.12. The second-order valence-corrected chi connectivity index (χ2v) is 3.64. The number of hydrogen-bond acceptors (Lipinski definition) is 3. The van der Waals surface area contributed by atoms with E-state index in [0.29, 0.717) is 0 Å². The zero-order chi connectivity index (χ0) is 12.3. The summed E-state index contributed by atoms with van der Waals surface area (Å²) in [6.07, 6.45) is 0. The van der Waals surface area contributed by atoms with E-state index >= 15 is 0 Å². The highest BCUT2D eigenvalue weighted by Gasteiger charge is 2.17. The minimum Gasteiger partial charge on any atom is -0.433 e. The summed E-state index contributed by atoms with van der Waals surface area (Å²) in [7, 11) is 0. The Kier molecular flexibility index (Phi) is 3.96. The lowest BCUT2D eigenvalue weighted by atomic mass is 10.1. The molecule has 1 rings (SSSR count). The molecule has 0 saturated heterocycles. The van der Waals surface area contributed by atoms with Crippen LogP contribution in [-0.2, 0) is 0 Å². The number of halogens is 3. The fraction of sp³-hybridized carbons (Fsp3) is 0.200. The van der Waals surface area contributed by atoms with E-state index in [9.17, 15) is 13.6 Å². The van der Waals surface area contributed by atoms with Crippen molar-refractivity contribution in [2.45, 2.75) is 13.5 Å². The smallest absolute Gasteiger partial charge is 0.387 e. The molecule has 0 unspecified atom stereocenters. The molecule has 6 heteroatoms. The van der Waals surface area contributed by atoms with E-state index in [1.54, 1.807) is 6.07 Å². The molecule has 84 valence electrons. The molecule has 0 aliphatic heterocycles. The first-order valence-electron chi connectivity index (χ1n) is 4.15. The van der Waals surface area contributed by atoms with Crippen molar-refractivity contribution in [1.29, 1.82) is 5.26 Å². The third-order valence-corrected chi connectivity index (χ3v) is 2.63. The van der Waals surface area contributed by atoms with Crippen LogP contribution in [0.15, 0.2) is 16.6 Å². The quantitative estimate of drug-likeness (QED) is 0.804. The van der Waals surface area contributed by atoms with Crippen LogP contribution in [0.1, 0.15) is 22.8 Å². The number of alkyl halides is 2. The van der Waals surface area contributed by atoms with Crippen LogP contribution in [0.5, 0.6) is 5.75 Å². The molecule has 0 radical (unpaired) electrons. The van der Waals surface area contributed by atoms with Gasteiger partial charge in [-0.1, -0.05) is 0 Å². The Balaban J connectivity index is 3.31. The first-order chi connectivity index (χ1) is 7.47. The van der Waals surface area contributed by atoms with E-state index in [-0.39, 0.29) is 27.1 Å². The summed E-state index contributed by atoms with van der Waals surface area (Å²) in [5.74, 6) is -0.527. The molecule has 0 aliphatic carbocycles. The number of Topliss-reactive ketones (excluding diaryl/α,β-unsaturated/α-hetero) is 1. The van der Waals surface area contributed by atoms with E-state index in [4.69, 9.17) is 5.26 Å². The summed E-state index contributed by atoms with van der Waals surface area (Å²) in [6, 6.07) is 4.20. The minimum atomic E-state index is -3.01. The zero-order valence-corrected chi connectivity index (χ0v) is 9.72. The number of ketones is 1. The molecule has 0 aromatic heterocycles. The third-order valence-electron chi connectivity index (χ3n) is 1.81. The van der Waals surface area contributed by atoms with Gasteiger partial charge in [-0.15, -0.1) is 0 Å². The van der Waals surface area contributed by atoms with Crippen LogP contribution >= 0.6 is 15.9 Å². The van der Waals surface area contributed by atoms with Crippen molar-refractivity contribution in [3.63, 3.8) is 0 Å². The normalized spacial score (nSPS) is 10.0. The Bertz CT molecular complexity index is 469. The molecule has 1 aromatic carbocycles. The van der Waals surface area contributed by atoms with Gasteiger partial charge < -0.3 is 4.74 Å². The lowest BCUT2D eigenvalue weighted by Gasteiger charge is -2.09. The predicted molar refractivity (Wildman–Crippen MR) is 55.5 cm³/mol. The molecular formula is C10H6BrF2NO2. The van der Waals surface area contributed by atoms with Crippen LogP contribution in [-0.4, -0.2) is 12.4 Å². The van der Waals surface area contributed by atoms with Crippen molar-refractivity contribution < 1.29 is 18.3 Å². The fourth-order valence-electron chi connectivity index (χ4n) is 1.13. The summed E-state index contributed by atoms with van der Waals surface area (Å²) in [5, 5.41) is 8.80. The molecule has 3 nitrogen and oxygen atoms in total. The van der Waals surface area contributed by atoms with Crippen LogP contribution < -0.4 is 4.74 Å². The molecule has 0 fully saturated rings. The van der Waals surface area contributed by atoms with Gasteiger partial charge in [-0.25, -0.2) is 0 Å². The largest absolute Gasteiger partial charge is 0.433 e. The number of carbonyl (C=O) groups excluding carboxylic acids is 1. The number of rotatable bonds is 3. The number of benzene rings is 1. The topological polar surface area (TPSA) is 50.1 Å². The van der Waals surface area contributed by atoms with Gasteiger partial charge in [-0.05, 0) is 35.0 Å². The summed E-state index contributed by atoms with van der Waals surface area (Å²) >= 11 is 3.01. The van der Waals surface area contributed by atoms with Crippen molar-refractivity contribution >= 4 is 21.7 Å². The molecular weight excluding hydrogens is 284 g/mol. The molecule has 0 bridgehead atoms. The number of nitriles is 1. The Labute approximate surface area is 98.8 Å². The lowest BCUT2D eigenvalue weighted by molar-refractivity contribution is -0.0500. The van der Waals surface area contributed by atoms with Crippen LogP contribution in [0.3, 0.4) is 0 Å². The zero-order valence-electron chi connectivity index (χ0n) is 8.13. The Morgan fingerprint density at radius 2 is 2.19 bits per heavy atom. The van der Waals surface area contributed by atoms with Crippen molar-refractivity contribution in [1.82, 2.24) is 0 Å². The SMILES string of the molecule is CC(=O)c1ccc(OC(F)F)c(C#N)c1Br. The van der Waals surface area contributed by atoms with Crippen LogP contribution in [0.4, 0.5) is 8.78 Å². The maximum absolute atomic E-state index is 12.0. The van der Waals surface area contributed by atoms with Crippen LogP contribution in [0.2, 0.25) is 0 Å². The van der Waals surface area contributed by atoms with E-state index in [0.717, 1.165) is 0 Å². The Morgan fingerprint density at radius 3 is 2.62 bits per heavy atom. The number of hydrogen-bond donors (Lipinski definition) is 0. The maximum Gasteiger partial charge on any atom is 0.387 e. The van der Waals surface area contributed by atoms with E-state index in [1.807, 2.05) is 0 Å². The van der Waals surface area contributed by atoms with Crippen LogP contribution in [0.25, 0.3) is 0 Å². The number of ether oxygens (including phenoxy) is 1. The van der Waals surface area contributed by atoms with Gasteiger partial charge in [0.1, 0.15) is 17.4 Å². The van der Waals surface area contributed by atoms with E-state index < -0.39 is 6.61 Å². The lowest BCUT2D eigenvalue weighted by Crippen LogP contribution is -2.05. The summed E-state index contributed by atoms with van der Waals surface area (Å²) in [4.78, 5) is 11.1. The molecule has 0 atom stereocenters. The standard InChI is InChI=1S/C10H6BrF2NO2/c1-5(15)6-2-3-8(16-10(12)13)7(4-14)9(6)11/h2-3,10H,1H3. The molecule has 0 spiro atoms. The van der Waals surface area contributed by atoms with Crippen molar-refractivity contribution in [3.05, 3.63) is 27.7 Å². The van der Waals surface area contributed by atoms with Crippen molar-refractivity contribution in [2.75, 3.05) is 0 Å². The van der Waals surface area contributed by atoms with E-state index in [2.05, 4.69) is 20.7 Å². The molecule has 0 aliphatic rings. The van der Waals surface area contributed by atoms with Gasteiger partial charge in [0.05, 0.1) is 0 Å². The number of nitrogens with zero attached hydrogens (tertiary/aromatic N) is 1. The molecule has 1 aromatic rings. The molecule has 0 saturated carbocycles.